The molecule has 2 rings (SSSR count). The van der Waals surface area contributed by atoms with Crippen molar-refractivity contribution in [2.24, 2.45) is 0 Å². The molecular weight excluding hydrogens is 254 g/mol. The van der Waals surface area contributed by atoms with Crippen LogP contribution in [0.5, 0.6) is 0 Å². The largest absolute Gasteiger partial charge is 0.344 e. The molecule has 1 aromatic rings. The van der Waals surface area contributed by atoms with Gasteiger partial charge < -0.3 is 5.32 Å². The van der Waals surface area contributed by atoms with Crippen molar-refractivity contribution < 1.29 is 4.79 Å². The van der Waals surface area contributed by atoms with E-state index in [1.807, 2.05) is 0 Å². The minimum absolute atomic E-state index is 0.213. The minimum atomic E-state index is -0.325. The summed E-state index contributed by atoms with van der Waals surface area (Å²) in [5.41, 5.74) is -0.435. The first kappa shape index (κ1) is 13.1. The summed E-state index contributed by atoms with van der Waals surface area (Å²) in [6.07, 6.45) is 5.13. The van der Waals surface area contributed by atoms with Crippen molar-refractivity contribution in [1.82, 2.24) is 15.5 Å². The first-order valence-corrected chi connectivity index (χ1v) is 6.63. The molecule has 0 aliphatic heterocycles. The number of halogens is 1. The third kappa shape index (κ3) is 2.90. The lowest BCUT2D eigenvalue weighted by Gasteiger charge is -2.36. The molecule has 98 valence electrons. The molecule has 2 N–H and O–H groups in total. The Morgan fingerprint density at radius 3 is 2.67 bits per heavy atom. The zero-order valence-electron chi connectivity index (χ0n) is 10.0. The van der Waals surface area contributed by atoms with E-state index in [4.69, 9.17) is 11.6 Å². The Morgan fingerprint density at radius 1 is 1.39 bits per heavy atom. The van der Waals surface area contributed by atoms with Gasteiger partial charge in [0.2, 0.25) is 0 Å². The molecule has 1 heterocycles. The molecule has 1 aromatic heterocycles. The number of alkyl halides is 1. The van der Waals surface area contributed by atoms with E-state index >= 15 is 0 Å². The Hall–Kier alpha value is -1.36. The average molecular weight is 270 g/mol. The summed E-state index contributed by atoms with van der Waals surface area (Å²) in [4.78, 5) is 22.9. The van der Waals surface area contributed by atoms with Gasteiger partial charge in [-0.1, -0.05) is 19.3 Å². The van der Waals surface area contributed by atoms with Crippen molar-refractivity contribution in [3.8, 4) is 0 Å². The Bertz CT molecular complexity index is 460. The van der Waals surface area contributed by atoms with Crippen LogP contribution in [0.1, 0.15) is 42.6 Å². The average Bonchev–Trinajstić information content (AvgIpc) is 2.40. The Morgan fingerprint density at radius 2 is 2.11 bits per heavy atom. The maximum Gasteiger partial charge on any atom is 0.272 e. The van der Waals surface area contributed by atoms with E-state index < -0.39 is 0 Å². The lowest BCUT2D eigenvalue weighted by molar-refractivity contribution is 0.0878. The number of carbonyl (C=O) groups excluding carboxylic acids is 1. The molecule has 1 aliphatic carbocycles. The maximum absolute atomic E-state index is 12.0. The van der Waals surface area contributed by atoms with Crippen LogP contribution < -0.4 is 10.9 Å². The van der Waals surface area contributed by atoms with E-state index in [0.717, 1.165) is 25.7 Å². The van der Waals surface area contributed by atoms with Gasteiger partial charge in [0.15, 0.2) is 0 Å². The topological polar surface area (TPSA) is 74.8 Å². The number of amides is 1. The van der Waals surface area contributed by atoms with Crippen LogP contribution in [0.25, 0.3) is 0 Å². The van der Waals surface area contributed by atoms with E-state index in [1.54, 1.807) is 0 Å². The van der Waals surface area contributed by atoms with Crippen LogP contribution in [0.15, 0.2) is 16.9 Å². The van der Waals surface area contributed by atoms with Crippen molar-refractivity contribution in [1.29, 1.82) is 0 Å². The zero-order valence-corrected chi connectivity index (χ0v) is 10.8. The summed E-state index contributed by atoms with van der Waals surface area (Å²) in [6.45, 7) is 0. The Kier molecular flexibility index (Phi) is 4.01. The van der Waals surface area contributed by atoms with Gasteiger partial charge in [0.25, 0.3) is 11.5 Å². The third-order valence-electron chi connectivity index (χ3n) is 3.36. The molecule has 1 saturated carbocycles. The predicted molar refractivity (Wildman–Crippen MR) is 68.9 cm³/mol. The molecule has 1 aliphatic rings. The Balaban J connectivity index is 2.09. The number of hydrogen-bond donors (Lipinski definition) is 2. The zero-order chi connectivity index (χ0) is 13.0. The van der Waals surface area contributed by atoms with Crippen LogP contribution >= 0.6 is 11.6 Å². The fourth-order valence-corrected chi connectivity index (χ4v) is 2.63. The van der Waals surface area contributed by atoms with E-state index in [0.29, 0.717) is 5.88 Å². The highest BCUT2D eigenvalue weighted by Crippen LogP contribution is 2.29. The van der Waals surface area contributed by atoms with Crippen LogP contribution in [-0.2, 0) is 0 Å². The lowest BCUT2D eigenvalue weighted by Crippen LogP contribution is -2.51. The number of H-pyrrole nitrogens is 1. The second-order valence-electron chi connectivity index (χ2n) is 4.74. The smallest absolute Gasteiger partial charge is 0.272 e. The molecule has 0 radical (unpaired) electrons. The molecule has 0 spiro atoms. The molecular formula is C12H16ClN3O2. The van der Waals surface area contributed by atoms with Gasteiger partial charge in [-0.3, -0.25) is 9.59 Å². The van der Waals surface area contributed by atoms with Crippen molar-refractivity contribution in [2.45, 2.75) is 37.6 Å². The van der Waals surface area contributed by atoms with E-state index in [9.17, 15) is 9.59 Å². The minimum Gasteiger partial charge on any atom is -0.344 e. The summed E-state index contributed by atoms with van der Waals surface area (Å²) in [6, 6.07) is 2.70. The first-order chi connectivity index (χ1) is 8.65. The van der Waals surface area contributed by atoms with E-state index in [-0.39, 0.29) is 22.7 Å². The summed E-state index contributed by atoms with van der Waals surface area (Å²) >= 11 is 6.00. The standard InChI is InChI=1S/C12H16ClN3O2/c13-8-12(6-2-1-3-7-12)14-11(18)9-4-5-10(17)16-15-9/h4-5H,1-3,6-8H2,(H,14,18)(H,16,17). The second-order valence-corrected chi connectivity index (χ2v) is 5.00. The van der Waals surface area contributed by atoms with Gasteiger partial charge in [0, 0.05) is 11.9 Å². The summed E-state index contributed by atoms with van der Waals surface area (Å²) in [7, 11) is 0. The summed E-state index contributed by atoms with van der Waals surface area (Å²) in [5.74, 6) is 0.121. The number of rotatable bonds is 3. The fourth-order valence-electron chi connectivity index (χ4n) is 2.30. The lowest BCUT2D eigenvalue weighted by atomic mass is 9.83. The molecule has 1 fully saturated rings. The SMILES string of the molecule is O=C(NC1(CCl)CCCCC1)c1ccc(=O)[nH]n1. The molecule has 5 nitrogen and oxygen atoms in total. The van der Waals surface area contributed by atoms with Gasteiger partial charge in [-0.25, -0.2) is 5.10 Å². The summed E-state index contributed by atoms with van der Waals surface area (Å²) < 4.78 is 0. The number of aromatic nitrogens is 2. The molecule has 18 heavy (non-hydrogen) atoms. The normalized spacial score (nSPS) is 18.3. The van der Waals surface area contributed by atoms with Gasteiger partial charge in [0.1, 0.15) is 5.69 Å². The van der Waals surface area contributed by atoms with Gasteiger partial charge in [-0.2, -0.15) is 5.10 Å². The molecule has 0 atom stereocenters. The maximum atomic E-state index is 12.0. The number of aromatic amines is 1. The van der Waals surface area contributed by atoms with Crippen molar-refractivity contribution >= 4 is 17.5 Å². The Labute approximate surface area is 110 Å². The molecule has 0 aromatic carbocycles. The first-order valence-electron chi connectivity index (χ1n) is 6.09. The van der Waals surface area contributed by atoms with Gasteiger partial charge in [0.05, 0.1) is 5.54 Å². The van der Waals surface area contributed by atoms with Crippen LogP contribution in [0.2, 0.25) is 0 Å². The molecule has 1 amide bonds. The predicted octanol–water partition coefficient (Wildman–Crippen LogP) is 1.44. The van der Waals surface area contributed by atoms with Crippen molar-refractivity contribution in [2.75, 3.05) is 5.88 Å². The van der Waals surface area contributed by atoms with Crippen LogP contribution in [-0.4, -0.2) is 27.5 Å². The number of nitrogens with zero attached hydrogens (tertiary/aromatic N) is 1. The van der Waals surface area contributed by atoms with Crippen molar-refractivity contribution in [3.05, 3.63) is 28.2 Å². The van der Waals surface area contributed by atoms with E-state index in [2.05, 4.69) is 15.5 Å². The highest BCUT2D eigenvalue weighted by molar-refractivity contribution is 6.18. The molecule has 0 bridgehead atoms. The van der Waals surface area contributed by atoms with Crippen LogP contribution in [0.4, 0.5) is 0 Å². The van der Waals surface area contributed by atoms with Crippen LogP contribution in [0.3, 0.4) is 0 Å². The van der Waals surface area contributed by atoms with Gasteiger partial charge >= 0.3 is 0 Å². The number of hydrogen-bond acceptors (Lipinski definition) is 3. The quantitative estimate of drug-likeness (QED) is 0.816. The molecule has 0 saturated heterocycles. The van der Waals surface area contributed by atoms with E-state index in [1.165, 1.54) is 18.6 Å². The molecule has 6 heteroatoms. The van der Waals surface area contributed by atoms with Gasteiger partial charge in [-0.15, -0.1) is 11.6 Å². The monoisotopic (exact) mass is 269 g/mol. The third-order valence-corrected chi connectivity index (χ3v) is 3.87. The highest BCUT2D eigenvalue weighted by Gasteiger charge is 2.33. The van der Waals surface area contributed by atoms with Crippen molar-refractivity contribution in [3.63, 3.8) is 0 Å². The second kappa shape index (κ2) is 5.52. The number of nitrogens with one attached hydrogen (secondary N) is 2. The fraction of sp³-hybridized carbons (Fsp3) is 0.583. The highest BCUT2D eigenvalue weighted by atomic mass is 35.5. The van der Waals surface area contributed by atoms with Gasteiger partial charge in [-0.05, 0) is 18.9 Å². The number of carbonyl (C=O) groups is 1. The molecule has 0 unspecified atom stereocenters. The summed E-state index contributed by atoms with van der Waals surface area (Å²) in [5, 5.41) is 8.93. The van der Waals surface area contributed by atoms with Crippen LogP contribution in [0, 0.1) is 0 Å².